The first kappa shape index (κ1) is 12.1. The van der Waals surface area contributed by atoms with E-state index in [-0.39, 0.29) is 0 Å². The van der Waals surface area contributed by atoms with Gasteiger partial charge in [-0.1, -0.05) is 0 Å². The lowest BCUT2D eigenvalue weighted by Gasteiger charge is -2.26. The number of anilines is 1. The van der Waals surface area contributed by atoms with Crippen LogP contribution >= 0.6 is 0 Å². The van der Waals surface area contributed by atoms with Crippen LogP contribution in [0.2, 0.25) is 0 Å². The average molecular weight is 239 g/mol. The molecule has 6 heteroatoms. The van der Waals surface area contributed by atoms with Gasteiger partial charge < -0.3 is 4.74 Å². The molecule has 1 aliphatic rings. The van der Waals surface area contributed by atoms with Gasteiger partial charge in [-0.15, -0.1) is 5.23 Å². The normalized spacial score (nSPS) is 21.6. The predicted molar refractivity (Wildman–Crippen MR) is 61.4 cm³/mol. The Morgan fingerprint density at radius 1 is 1.06 bits per heavy atom. The molecule has 0 aromatic carbocycles. The molecule has 1 aliphatic heterocycles. The van der Waals surface area contributed by atoms with E-state index in [0.717, 1.165) is 0 Å². The molecular formula is C11H17N3O3. The van der Waals surface area contributed by atoms with Crippen molar-refractivity contribution in [2.75, 3.05) is 12.3 Å². The van der Waals surface area contributed by atoms with Crippen LogP contribution in [0, 0.1) is 0 Å². The number of rotatable bonds is 2. The van der Waals surface area contributed by atoms with Crippen LogP contribution < -0.4 is 9.96 Å². The van der Waals surface area contributed by atoms with Crippen molar-refractivity contribution in [3.8, 4) is 6.01 Å². The van der Waals surface area contributed by atoms with E-state index >= 15 is 0 Å². The Hall–Kier alpha value is -1.40. The third kappa shape index (κ3) is 2.05. The molecule has 0 bridgehead atoms. The Kier molecular flexibility index (Phi) is 2.71. The lowest BCUT2D eigenvalue weighted by atomic mass is 9.90. The summed E-state index contributed by atoms with van der Waals surface area (Å²) in [7, 11) is 1.52. The van der Waals surface area contributed by atoms with Crippen molar-refractivity contribution in [1.29, 1.82) is 0 Å². The number of methoxy groups -OCH3 is 1. The van der Waals surface area contributed by atoms with Gasteiger partial charge in [0.25, 0.3) is 0 Å². The monoisotopic (exact) mass is 239 g/mol. The first-order valence-corrected chi connectivity index (χ1v) is 5.40. The van der Waals surface area contributed by atoms with E-state index in [9.17, 15) is 0 Å². The summed E-state index contributed by atoms with van der Waals surface area (Å²) in [5.41, 5.74) is -0.218. The van der Waals surface area contributed by atoms with Gasteiger partial charge in [0.05, 0.1) is 19.5 Å². The average Bonchev–Trinajstić information content (AvgIpc) is 2.48. The Bertz CT molecular complexity index is 387. The smallest absolute Gasteiger partial charge is 0.316 e. The van der Waals surface area contributed by atoms with Crippen molar-refractivity contribution in [1.82, 2.24) is 9.97 Å². The second kappa shape index (κ2) is 3.82. The molecule has 1 saturated heterocycles. The highest BCUT2D eigenvalue weighted by atomic mass is 17.0. The second-order valence-electron chi connectivity index (χ2n) is 4.89. The first-order valence-electron chi connectivity index (χ1n) is 5.40. The molecule has 0 saturated carbocycles. The Balaban J connectivity index is 2.20. The molecule has 0 N–H and O–H groups in total. The van der Waals surface area contributed by atoms with E-state index in [1.54, 1.807) is 12.4 Å². The minimum Gasteiger partial charge on any atom is -0.467 e. The van der Waals surface area contributed by atoms with E-state index in [2.05, 4.69) is 9.97 Å². The molecule has 17 heavy (non-hydrogen) atoms. The van der Waals surface area contributed by atoms with Gasteiger partial charge in [-0.05, 0) is 27.7 Å². The zero-order valence-electron chi connectivity index (χ0n) is 10.7. The minimum atomic E-state index is -0.424. The summed E-state index contributed by atoms with van der Waals surface area (Å²) in [6.45, 7) is 7.88. The number of hydrogen-bond acceptors (Lipinski definition) is 6. The highest BCUT2D eigenvalue weighted by Gasteiger charge is 2.50. The van der Waals surface area contributed by atoms with Gasteiger partial charge in [0.2, 0.25) is 0 Å². The molecule has 0 radical (unpaired) electrons. The summed E-state index contributed by atoms with van der Waals surface area (Å²) < 4.78 is 4.89. The topological polar surface area (TPSA) is 56.7 Å². The fourth-order valence-corrected chi connectivity index (χ4v) is 1.27. The quantitative estimate of drug-likeness (QED) is 0.783. The second-order valence-corrected chi connectivity index (χ2v) is 4.89. The van der Waals surface area contributed by atoms with Crippen LogP contribution in [0.5, 0.6) is 6.01 Å². The number of ether oxygens (including phenoxy) is 1. The maximum Gasteiger partial charge on any atom is 0.316 e. The summed E-state index contributed by atoms with van der Waals surface area (Å²) in [5, 5.41) is 1.35. The first-order chi connectivity index (χ1) is 7.86. The van der Waals surface area contributed by atoms with E-state index in [0.29, 0.717) is 11.7 Å². The van der Waals surface area contributed by atoms with Crippen molar-refractivity contribution < 1.29 is 14.4 Å². The van der Waals surface area contributed by atoms with Crippen molar-refractivity contribution in [2.24, 2.45) is 0 Å². The Morgan fingerprint density at radius 2 is 1.53 bits per heavy atom. The fraction of sp³-hybridized carbons (Fsp3) is 0.636. The van der Waals surface area contributed by atoms with Crippen molar-refractivity contribution in [3.63, 3.8) is 0 Å². The summed E-state index contributed by atoms with van der Waals surface area (Å²) in [6, 6.07) is 0.312. The molecule has 0 atom stereocenters. The van der Waals surface area contributed by atoms with E-state index in [4.69, 9.17) is 14.4 Å². The minimum absolute atomic E-state index is 0.312. The summed E-state index contributed by atoms with van der Waals surface area (Å²) >= 11 is 0. The van der Waals surface area contributed by atoms with Crippen LogP contribution in [-0.4, -0.2) is 28.3 Å². The van der Waals surface area contributed by atoms with Crippen LogP contribution in [0.3, 0.4) is 0 Å². The molecule has 1 fully saturated rings. The van der Waals surface area contributed by atoms with Gasteiger partial charge in [-0.25, -0.2) is 19.6 Å². The largest absolute Gasteiger partial charge is 0.467 e. The fourth-order valence-electron chi connectivity index (χ4n) is 1.27. The molecule has 0 aliphatic carbocycles. The Morgan fingerprint density at radius 3 is 1.94 bits per heavy atom. The summed E-state index contributed by atoms with van der Waals surface area (Å²) in [6.07, 6.45) is 3.17. The van der Waals surface area contributed by atoms with Gasteiger partial charge in [0.15, 0.2) is 0 Å². The van der Waals surface area contributed by atoms with Crippen LogP contribution in [0.4, 0.5) is 5.69 Å². The summed E-state index contributed by atoms with van der Waals surface area (Å²) in [5.74, 6) is 0. The highest BCUT2D eigenvalue weighted by molar-refractivity contribution is 5.37. The van der Waals surface area contributed by atoms with Gasteiger partial charge in [-0.2, -0.15) is 0 Å². The van der Waals surface area contributed by atoms with Crippen molar-refractivity contribution >= 4 is 5.69 Å². The SMILES string of the molecule is COc1ncc(N2OC(C)(C)C(C)(C)O2)cn1. The van der Waals surface area contributed by atoms with E-state index < -0.39 is 11.2 Å². The third-order valence-electron chi connectivity index (χ3n) is 3.08. The number of nitrogens with zero attached hydrogens (tertiary/aromatic N) is 3. The zero-order valence-corrected chi connectivity index (χ0v) is 10.7. The van der Waals surface area contributed by atoms with Crippen LogP contribution in [0.25, 0.3) is 0 Å². The maximum atomic E-state index is 5.71. The molecule has 6 nitrogen and oxygen atoms in total. The molecule has 0 spiro atoms. The number of hydrogen-bond donors (Lipinski definition) is 0. The summed E-state index contributed by atoms with van der Waals surface area (Å²) in [4.78, 5) is 19.4. The van der Waals surface area contributed by atoms with Crippen LogP contribution in [-0.2, 0) is 9.68 Å². The molecule has 94 valence electrons. The molecule has 0 amide bonds. The molecule has 2 rings (SSSR count). The van der Waals surface area contributed by atoms with E-state index in [1.165, 1.54) is 12.3 Å². The van der Waals surface area contributed by atoms with Crippen molar-refractivity contribution in [2.45, 2.75) is 38.9 Å². The van der Waals surface area contributed by atoms with Crippen molar-refractivity contribution in [3.05, 3.63) is 12.4 Å². The molecule has 1 aromatic rings. The van der Waals surface area contributed by atoms with Crippen LogP contribution in [0.15, 0.2) is 12.4 Å². The molecular weight excluding hydrogens is 222 g/mol. The zero-order chi connectivity index (χ0) is 12.7. The standard InChI is InChI=1S/C11H17N3O3/c1-10(2)11(3,4)17-14(16-10)8-6-12-9(15-5)13-7-8/h6-7H,1-5H3. The van der Waals surface area contributed by atoms with Gasteiger partial charge in [0.1, 0.15) is 16.9 Å². The highest BCUT2D eigenvalue weighted by Crippen LogP contribution is 2.39. The van der Waals surface area contributed by atoms with E-state index in [1.807, 2.05) is 27.7 Å². The van der Waals surface area contributed by atoms with Crippen LogP contribution in [0.1, 0.15) is 27.7 Å². The predicted octanol–water partition coefficient (Wildman–Crippen LogP) is 1.73. The third-order valence-corrected chi connectivity index (χ3v) is 3.08. The number of aromatic nitrogens is 2. The lowest BCUT2D eigenvalue weighted by Crippen LogP contribution is -2.41. The molecule has 2 heterocycles. The maximum absolute atomic E-state index is 5.71. The van der Waals surface area contributed by atoms with Gasteiger partial charge >= 0.3 is 6.01 Å². The molecule has 0 unspecified atom stereocenters. The Labute approximate surface area is 100 Å². The van der Waals surface area contributed by atoms with Gasteiger partial charge in [-0.3, -0.25) is 0 Å². The lowest BCUT2D eigenvalue weighted by molar-refractivity contribution is -0.0276. The van der Waals surface area contributed by atoms with Gasteiger partial charge in [0, 0.05) is 0 Å². The molecule has 1 aromatic heterocycles.